The fourth-order valence-corrected chi connectivity index (χ4v) is 2.82. The molecule has 3 rings (SSSR count). The van der Waals surface area contributed by atoms with Crippen LogP contribution in [-0.4, -0.2) is 36.8 Å². The summed E-state index contributed by atoms with van der Waals surface area (Å²) in [6.07, 6.45) is 3.38. The summed E-state index contributed by atoms with van der Waals surface area (Å²) < 4.78 is 23.8. The molecule has 2 heterocycles. The molecular weight excluding hydrogens is 323 g/mol. The number of esters is 1. The molecule has 0 atom stereocenters. The first-order valence-electron chi connectivity index (χ1n) is 8.46. The smallest absolute Gasteiger partial charge is 0.339 e. The molecule has 5 nitrogen and oxygen atoms in total. The van der Waals surface area contributed by atoms with Crippen molar-refractivity contribution in [3.05, 3.63) is 54.0 Å². The van der Waals surface area contributed by atoms with Crippen LogP contribution in [-0.2, 0) is 4.74 Å². The van der Waals surface area contributed by atoms with Crippen LogP contribution in [0, 0.1) is 5.82 Å². The lowest BCUT2D eigenvalue weighted by atomic mass is 10.1. The van der Waals surface area contributed by atoms with Gasteiger partial charge in [-0.1, -0.05) is 0 Å². The van der Waals surface area contributed by atoms with Crippen molar-refractivity contribution in [3.63, 3.8) is 0 Å². The first-order chi connectivity index (χ1) is 12.2. The van der Waals surface area contributed by atoms with Crippen molar-refractivity contribution in [1.82, 2.24) is 4.98 Å². The van der Waals surface area contributed by atoms with Crippen LogP contribution in [0.2, 0.25) is 0 Å². The standard InChI is InChI=1S/C19H21FN2O3/c1-2-24-19(23)14-3-8-18(21-13-14)22-11-9-17(10-12-22)25-16-6-4-15(20)5-7-16/h3-8,13,17H,2,9-12H2,1H3. The van der Waals surface area contributed by atoms with Gasteiger partial charge in [0.2, 0.25) is 0 Å². The average Bonchev–Trinajstić information content (AvgIpc) is 2.65. The highest BCUT2D eigenvalue weighted by molar-refractivity contribution is 5.89. The second-order valence-corrected chi connectivity index (χ2v) is 5.88. The molecule has 1 saturated heterocycles. The van der Waals surface area contributed by atoms with Crippen molar-refractivity contribution < 1.29 is 18.7 Å². The van der Waals surface area contributed by atoms with Gasteiger partial charge in [-0.2, -0.15) is 0 Å². The predicted molar refractivity (Wildman–Crippen MR) is 92.5 cm³/mol. The minimum atomic E-state index is -0.354. The predicted octanol–water partition coefficient (Wildman–Crippen LogP) is 3.45. The van der Waals surface area contributed by atoms with E-state index < -0.39 is 0 Å². The molecule has 0 saturated carbocycles. The third kappa shape index (κ3) is 4.47. The van der Waals surface area contributed by atoms with Crippen LogP contribution < -0.4 is 9.64 Å². The number of halogens is 1. The van der Waals surface area contributed by atoms with E-state index in [1.807, 2.05) is 6.07 Å². The number of ether oxygens (including phenoxy) is 2. The Morgan fingerprint density at radius 1 is 1.20 bits per heavy atom. The molecule has 1 aromatic heterocycles. The van der Waals surface area contributed by atoms with Gasteiger partial charge in [0.1, 0.15) is 23.5 Å². The minimum Gasteiger partial charge on any atom is -0.490 e. The summed E-state index contributed by atoms with van der Waals surface area (Å²) in [5, 5.41) is 0. The van der Waals surface area contributed by atoms with E-state index in [-0.39, 0.29) is 17.9 Å². The summed E-state index contributed by atoms with van der Waals surface area (Å²) >= 11 is 0. The Labute approximate surface area is 146 Å². The number of piperidine rings is 1. The maximum Gasteiger partial charge on any atom is 0.339 e. The van der Waals surface area contributed by atoms with Crippen LogP contribution in [0.5, 0.6) is 5.75 Å². The molecule has 0 aliphatic carbocycles. The molecule has 2 aromatic rings. The van der Waals surface area contributed by atoms with Crippen molar-refractivity contribution in [2.24, 2.45) is 0 Å². The Morgan fingerprint density at radius 2 is 1.92 bits per heavy atom. The summed E-state index contributed by atoms with van der Waals surface area (Å²) in [4.78, 5) is 18.2. The van der Waals surface area contributed by atoms with Crippen LogP contribution >= 0.6 is 0 Å². The lowest BCUT2D eigenvalue weighted by Crippen LogP contribution is -2.38. The van der Waals surface area contributed by atoms with Crippen LogP contribution in [0.25, 0.3) is 0 Å². The molecule has 0 unspecified atom stereocenters. The summed E-state index contributed by atoms with van der Waals surface area (Å²) in [5.74, 6) is 0.914. The summed E-state index contributed by atoms with van der Waals surface area (Å²) in [6, 6.07) is 9.68. The number of pyridine rings is 1. The Bertz CT molecular complexity index is 696. The highest BCUT2D eigenvalue weighted by Crippen LogP contribution is 2.22. The maximum absolute atomic E-state index is 12.9. The average molecular weight is 344 g/mol. The van der Waals surface area contributed by atoms with Crippen molar-refractivity contribution in [2.75, 3.05) is 24.6 Å². The molecule has 1 fully saturated rings. The summed E-state index contributed by atoms with van der Waals surface area (Å²) in [7, 11) is 0. The monoisotopic (exact) mass is 344 g/mol. The van der Waals surface area contributed by atoms with Gasteiger partial charge in [-0.05, 0) is 43.3 Å². The van der Waals surface area contributed by atoms with E-state index in [1.54, 1.807) is 31.3 Å². The number of hydrogen-bond donors (Lipinski definition) is 0. The van der Waals surface area contributed by atoms with E-state index in [4.69, 9.17) is 9.47 Å². The van der Waals surface area contributed by atoms with Crippen molar-refractivity contribution in [3.8, 4) is 5.75 Å². The highest BCUT2D eigenvalue weighted by Gasteiger charge is 2.21. The lowest BCUT2D eigenvalue weighted by molar-refractivity contribution is 0.0526. The van der Waals surface area contributed by atoms with Gasteiger partial charge < -0.3 is 14.4 Å². The van der Waals surface area contributed by atoms with E-state index >= 15 is 0 Å². The second kappa shape index (κ2) is 7.96. The third-order valence-corrected chi connectivity index (χ3v) is 4.14. The molecule has 25 heavy (non-hydrogen) atoms. The fraction of sp³-hybridized carbons (Fsp3) is 0.368. The lowest BCUT2D eigenvalue weighted by Gasteiger charge is -2.33. The van der Waals surface area contributed by atoms with Crippen molar-refractivity contribution >= 4 is 11.8 Å². The molecule has 1 aromatic carbocycles. The van der Waals surface area contributed by atoms with Crippen molar-refractivity contribution in [1.29, 1.82) is 0 Å². The normalized spacial score (nSPS) is 15.0. The van der Waals surface area contributed by atoms with Gasteiger partial charge in [-0.15, -0.1) is 0 Å². The van der Waals surface area contributed by atoms with Gasteiger partial charge >= 0.3 is 5.97 Å². The van der Waals surface area contributed by atoms with Crippen LogP contribution in [0.4, 0.5) is 10.2 Å². The highest BCUT2D eigenvalue weighted by atomic mass is 19.1. The zero-order chi connectivity index (χ0) is 17.6. The number of aromatic nitrogens is 1. The molecular formula is C19H21FN2O3. The van der Waals surface area contributed by atoms with Gasteiger partial charge in [0.05, 0.1) is 12.2 Å². The van der Waals surface area contributed by atoms with Crippen LogP contribution in [0.15, 0.2) is 42.6 Å². The number of carbonyl (C=O) groups excluding carboxylic acids is 1. The van der Waals surface area contributed by atoms with Gasteiger partial charge in [0.15, 0.2) is 0 Å². The number of anilines is 1. The number of benzene rings is 1. The molecule has 0 amide bonds. The molecule has 0 radical (unpaired) electrons. The van der Waals surface area contributed by atoms with E-state index in [9.17, 15) is 9.18 Å². The number of nitrogens with zero attached hydrogens (tertiary/aromatic N) is 2. The first kappa shape index (κ1) is 17.2. The number of carbonyl (C=O) groups is 1. The van der Waals surface area contributed by atoms with Gasteiger partial charge in [0.25, 0.3) is 0 Å². The summed E-state index contributed by atoms with van der Waals surface area (Å²) in [5.41, 5.74) is 0.458. The van der Waals surface area contributed by atoms with E-state index in [0.717, 1.165) is 31.7 Å². The van der Waals surface area contributed by atoms with E-state index in [1.165, 1.54) is 12.1 Å². The maximum atomic E-state index is 12.9. The minimum absolute atomic E-state index is 0.112. The van der Waals surface area contributed by atoms with E-state index in [0.29, 0.717) is 17.9 Å². The molecule has 1 aliphatic heterocycles. The van der Waals surface area contributed by atoms with Gasteiger partial charge in [0, 0.05) is 32.1 Å². The molecule has 0 spiro atoms. The van der Waals surface area contributed by atoms with Crippen LogP contribution in [0.1, 0.15) is 30.1 Å². The third-order valence-electron chi connectivity index (χ3n) is 4.14. The second-order valence-electron chi connectivity index (χ2n) is 5.88. The van der Waals surface area contributed by atoms with Crippen molar-refractivity contribution in [2.45, 2.75) is 25.9 Å². The molecule has 6 heteroatoms. The molecule has 1 aliphatic rings. The number of rotatable bonds is 5. The zero-order valence-corrected chi connectivity index (χ0v) is 14.2. The van der Waals surface area contributed by atoms with Gasteiger partial charge in [-0.3, -0.25) is 0 Å². The molecule has 0 bridgehead atoms. The number of hydrogen-bond acceptors (Lipinski definition) is 5. The Hall–Kier alpha value is -2.63. The largest absolute Gasteiger partial charge is 0.490 e. The first-order valence-corrected chi connectivity index (χ1v) is 8.46. The SMILES string of the molecule is CCOC(=O)c1ccc(N2CCC(Oc3ccc(F)cc3)CC2)nc1. The topological polar surface area (TPSA) is 51.7 Å². The molecule has 0 N–H and O–H groups in total. The zero-order valence-electron chi connectivity index (χ0n) is 14.2. The van der Waals surface area contributed by atoms with Crippen LogP contribution in [0.3, 0.4) is 0 Å². The Kier molecular flexibility index (Phi) is 5.48. The fourth-order valence-electron chi connectivity index (χ4n) is 2.82. The summed E-state index contributed by atoms with van der Waals surface area (Å²) in [6.45, 7) is 3.76. The van der Waals surface area contributed by atoms with Gasteiger partial charge in [-0.25, -0.2) is 14.2 Å². The van der Waals surface area contributed by atoms with E-state index in [2.05, 4.69) is 9.88 Å². The Morgan fingerprint density at radius 3 is 2.52 bits per heavy atom. The molecule has 132 valence electrons. The Balaban J connectivity index is 1.53. The quantitative estimate of drug-likeness (QED) is 0.778.